The fraction of sp³-hybridized carbons (Fsp3) is 0.192. The van der Waals surface area contributed by atoms with Gasteiger partial charge in [0, 0.05) is 25.7 Å². The summed E-state index contributed by atoms with van der Waals surface area (Å²) in [6.07, 6.45) is 0.479. The number of rotatable bonds is 7. The Morgan fingerprint density at radius 1 is 0.514 bits per heavy atom. The van der Waals surface area contributed by atoms with E-state index in [4.69, 9.17) is 30.6 Å². The molecule has 0 fully saturated rings. The van der Waals surface area contributed by atoms with Crippen LogP contribution in [0.2, 0.25) is 0 Å². The molecule has 0 bridgehead atoms. The minimum absolute atomic E-state index is 0.0335. The lowest BCUT2D eigenvalue weighted by Crippen LogP contribution is -2.12. The van der Waals surface area contributed by atoms with Crippen molar-refractivity contribution in [2.24, 2.45) is 5.92 Å². The van der Waals surface area contributed by atoms with E-state index in [1.165, 1.54) is 0 Å². The fourth-order valence-electron chi connectivity index (χ4n) is 2.17. The standard InChI is InChI=1S/3C7H6O2.C5H12O3/c3*8-7(9)6-4-2-1-3-5-6;6-2-1-5(3-7)4-8/h3*1-5H,(H,8,9);5-8H,1-4H2. The summed E-state index contributed by atoms with van der Waals surface area (Å²) >= 11 is 0. The van der Waals surface area contributed by atoms with Gasteiger partial charge in [-0.3, -0.25) is 0 Å². The van der Waals surface area contributed by atoms with E-state index < -0.39 is 17.9 Å². The molecule has 188 valence electrons. The van der Waals surface area contributed by atoms with Crippen molar-refractivity contribution in [1.82, 2.24) is 0 Å². The summed E-state index contributed by atoms with van der Waals surface area (Å²) in [5.74, 6) is -2.78. The molecule has 0 heterocycles. The van der Waals surface area contributed by atoms with Crippen LogP contribution in [-0.2, 0) is 0 Å². The molecule has 0 aliphatic rings. The summed E-state index contributed by atoms with van der Waals surface area (Å²) in [7, 11) is 0. The molecule has 0 aliphatic heterocycles. The van der Waals surface area contributed by atoms with E-state index in [0.29, 0.717) is 23.1 Å². The van der Waals surface area contributed by atoms with Crippen molar-refractivity contribution in [2.75, 3.05) is 19.8 Å². The number of aromatic carboxylic acids is 3. The zero-order chi connectivity index (χ0) is 26.5. The van der Waals surface area contributed by atoms with Crippen LogP contribution in [0.15, 0.2) is 91.0 Å². The van der Waals surface area contributed by atoms with Gasteiger partial charge >= 0.3 is 17.9 Å². The van der Waals surface area contributed by atoms with Crippen LogP contribution < -0.4 is 0 Å². The molecule has 0 atom stereocenters. The third-order valence-corrected chi connectivity index (χ3v) is 4.12. The predicted octanol–water partition coefficient (Wildman–Crippen LogP) is 3.12. The van der Waals surface area contributed by atoms with Crippen LogP contribution in [0.3, 0.4) is 0 Å². The fourth-order valence-corrected chi connectivity index (χ4v) is 2.17. The van der Waals surface area contributed by atoms with Gasteiger partial charge < -0.3 is 30.6 Å². The van der Waals surface area contributed by atoms with Crippen molar-refractivity contribution in [3.63, 3.8) is 0 Å². The number of benzene rings is 3. The third kappa shape index (κ3) is 15.4. The van der Waals surface area contributed by atoms with E-state index in [1.54, 1.807) is 91.0 Å². The van der Waals surface area contributed by atoms with Crippen LogP contribution in [0.5, 0.6) is 0 Å². The molecule has 0 unspecified atom stereocenters. The van der Waals surface area contributed by atoms with Crippen molar-refractivity contribution in [3.8, 4) is 0 Å². The van der Waals surface area contributed by atoms with Crippen LogP contribution in [0.25, 0.3) is 0 Å². The van der Waals surface area contributed by atoms with Gasteiger partial charge in [-0.05, 0) is 42.8 Å². The second-order valence-electron chi connectivity index (χ2n) is 6.76. The van der Waals surface area contributed by atoms with E-state index in [9.17, 15) is 14.4 Å². The van der Waals surface area contributed by atoms with Gasteiger partial charge in [-0.15, -0.1) is 0 Å². The lowest BCUT2D eigenvalue weighted by Gasteiger charge is -2.06. The highest BCUT2D eigenvalue weighted by molar-refractivity contribution is 5.88. The Kier molecular flexibility index (Phi) is 17.2. The van der Waals surface area contributed by atoms with E-state index >= 15 is 0 Å². The maximum Gasteiger partial charge on any atom is 0.335 e. The average molecular weight is 487 g/mol. The second-order valence-corrected chi connectivity index (χ2v) is 6.76. The van der Waals surface area contributed by atoms with E-state index in [-0.39, 0.29) is 25.7 Å². The number of hydrogen-bond donors (Lipinski definition) is 6. The molecular weight excluding hydrogens is 456 g/mol. The van der Waals surface area contributed by atoms with Crippen LogP contribution >= 0.6 is 0 Å². The number of carboxylic acid groups (broad SMARTS) is 3. The van der Waals surface area contributed by atoms with Gasteiger partial charge in [-0.25, -0.2) is 14.4 Å². The number of carbonyl (C=O) groups is 3. The van der Waals surface area contributed by atoms with Crippen molar-refractivity contribution >= 4 is 17.9 Å². The molecule has 3 aromatic carbocycles. The Bertz CT molecular complexity index is 840. The Labute approximate surface area is 203 Å². The van der Waals surface area contributed by atoms with Gasteiger partial charge in [-0.1, -0.05) is 54.6 Å². The van der Waals surface area contributed by atoms with Crippen LogP contribution in [0, 0.1) is 5.92 Å². The molecule has 3 rings (SSSR count). The topological polar surface area (TPSA) is 173 Å². The Morgan fingerprint density at radius 3 is 0.886 bits per heavy atom. The van der Waals surface area contributed by atoms with E-state index in [2.05, 4.69) is 0 Å². The van der Waals surface area contributed by atoms with Crippen molar-refractivity contribution < 1.29 is 45.0 Å². The number of aliphatic hydroxyl groups is 3. The molecule has 0 radical (unpaired) electrons. The maximum absolute atomic E-state index is 10.2. The summed E-state index contributed by atoms with van der Waals surface area (Å²) in [5, 5.41) is 50.2. The molecule has 3 aromatic rings. The number of hydrogen-bond acceptors (Lipinski definition) is 6. The minimum atomic E-state index is -0.879. The zero-order valence-corrected chi connectivity index (χ0v) is 19.0. The maximum atomic E-state index is 10.2. The van der Waals surface area contributed by atoms with Crippen LogP contribution in [-0.4, -0.2) is 68.4 Å². The summed E-state index contributed by atoms with van der Waals surface area (Å²) in [5.41, 5.74) is 0.993. The lowest BCUT2D eigenvalue weighted by molar-refractivity contribution is 0.0686. The molecule has 0 saturated carbocycles. The lowest BCUT2D eigenvalue weighted by atomic mass is 10.1. The molecule has 9 heteroatoms. The molecule has 9 nitrogen and oxygen atoms in total. The molecule has 0 amide bonds. The Morgan fingerprint density at radius 2 is 0.771 bits per heavy atom. The molecule has 0 aliphatic carbocycles. The highest BCUT2D eigenvalue weighted by Gasteiger charge is 2.02. The zero-order valence-electron chi connectivity index (χ0n) is 19.0. The summed E-state index contributed by atoms with van der Waals surface area (Å²) < 4.78 is 0. The summed E-state index contributed by atoms with van der Waals surface area (Å²) in [6.45, 7) is -0.0556. The van der Waals surface area contributed by atoms with Crippen LogP contribution in [0.4, 0.5) is 0 Å². The van der Waals surface area contributed by atoms with Gasteiger partial charge in [0.25, 0.3) is 0 Å². The van der Waals surface area contributed by atoms with E-state index in [1.807, 2.05) is 0 Å². The molecule has 0 spiro atoms. The largest absolute Gasteiger partial charge is 0.478 e. The third-order valence-electron chi connectivity index (χ3n) is 4.12. The highest BCUT2D eigenvalue weighted by atomic mass is 16.4. The first-order valence-corrected chi connectivity index (χ1v) is 10.4. The average Bonchev–Trinajstić information content (AvgIpc) is 2.90. The van der Waals surface area contributed by atoms with Gasteiger partial charge in [0.05, 0.1) is 16.7 Å². The van der Waals surface area contributed by atoms with Crippen LogP contribution in [0.1, 0.15) is 37.5 Å². The predicted molar refractivity (Wildman–Crippen MR) is 130 cm³/mol. The monoisotopic (exact) mass is 486 g/mol. The molecule has 6 N–H and O–H groups in total. The van der Waals surface area contributed by atoms with Crippen molar-refractivity contribution in [3.05, 3.63) is 108 Å². The Hall–Kier alpha value is -4.05. The molecular formula is C26H30O9. The molecule has 0 saturated heterocycles. The first-order chi connectivity index (χ1) is 16.8. The normalized spacial score (nSPS) is 9.26. The van der Waals surface area contributed by atoms with Gasteiger partial charge in [0.15, 0.2) is 0 Å². The number of carboxylic acids is 3. The van der Waals surface area contributed by atoms with Gasteiger partial charge in [-0.2, -0.15) is 0 Å². The highest BCUT2D eigenvalue weighted by Crippen LogP contribution is 1.98. The van der Waals surface area contributed by atoms with Crippen molar-refractivity contribution in [1.29, 1.82) is 0 Å². The minimum Gasteiger partial charge on any atom is -0.478 e. The van der Waals surface area contributed by atoms with Gasteiger partial charge in [0.2, 0.25) is 0 Å². The second kappa shape index (κ2) is 19.4. The van der Waals surface area contributed by atoms with E-state index in [0.717, 1.165) is 0 Å². The number of aliphatic hydroxyl groups excluding tert-OH is 3. The Balaban J connectivity index is 0.000000441. The summed E-state index contributed by atoms with van der Waals surface area (Å²) in [6, 6.07) is 24.9. The molecule has 0 aromatic heterocycles. The van der Waals surface area contributed by atoms with Gasteiger partial charge in [0.1, 0.15) is 0 Å². The quantitative estimate of drug-likeness (QED) is 0.293. The molecule has 35 heavy (non-hydrogen) atoms. The smallest absolute Gasteiger partial charge is 0.335 e. The first kappa shape index (κ1) is 31.0. The summed E-state index contributed by atoms with van der Waals surface area (Å²) in [4.78, 5) is 30.6. The van der Waals surface area contributed by atoms with Crippen molar-refractivity contribution in [2.45, 2.75) is 6.42 Å². The first-order valence-electron chi connectivity index (χ1n) is 10.4. The SMILES string of the molecule is O=C(O)c1ccccc1.O=C(O)c1ccccc1.O=C(O)c1ccccc1.OCCC(CO)CO.